The van der Waals surface area contributed by atoms with Crippen LogP contribution in [-0.2, 0) is 19.4 Å². The predicted octanol–water partition coefficient (Wildman–Crippen LogP) is 3.48. The molecule has 0 radical (unpaired) electrons. The second-order valence-corrected chi connectivity index (χ2v) is 7.13. The molecule has 1 aliphatic carbocycles. The number of hydrogen-bond donors (Lipinski definition) is 0. The summed E-state index contributed by atoms with van der Waals surface area (Å²) in [5, 5.41) is 1.10. The third kappa shape index (κ3) is 2.55. The van der Waals surface area contributed by atoms with Crippen molar-refractivity contribution in [3.63, 3.8) is 0 Å². The molecule has 1 aromatic heterocycles. The van der Waals surface area contributed by atoms with Gasteiger partial charge in [0.1, 0.15) is 18.1 Å². The predicted molar refractivity (Wildman–Crippen MR) is 89.9 cm³/mol. The molecule has 1 aromatic carbocycles. The van der Waals surface area contributed by atoms with Gasteiger partial charge in [0, 0.05) is 24.0 Å². The average molecular weight is 313 g/mol. The number of fused-ring (bicyclic) bond motifs is 5. The largest absolute Gasteiger partial charge is 0.478 e. The number of nitrogens with zero attached hydrogens (tertiary/aromatic N) is 1. The van der Waals surface area contributed by atoms with E-state index in [1.165, 1.54) is 5.56 Å². The number of ether oxygens (including phenoxy) is 1. The third-order valence-electron chi connectivity index (χ3n) is 5.01. The maximum absolute atomic E-state index is 12.3. The Morgan fingerprint density at radius 2 is 2.00 bits per heavy atom. The van der Waals surface area contributed by atoms with Crippen molar-refractivity contribution in [1.82, 2.24) is 4.90 Å². The van der Waals surface area contributed by atoms with E-state index in [4.69, 9.17) is 9.15 Å². The van der Waals surface area contributed by atoms with Gasteiger partial charge in [0.2, 0.25) is 0 Å². The molecule has 1 aliphatic heterocycles. The van der Waals surface area contributed by atoms with Gasteiger partial charge in [-0.15, -0.1) is 0 Å². The van der Waals surface area contributed by atoms with Crippen molar-refractivity contribution in [3.05, 3.63) is 39.2 Å². The van der Waals surface area contributed by atoms with Gasteiger partial charge in [0.15, 0.2) is 0 Å². The van der Waals surface area contributed by atoms with E-state index in [1.807, 2.05) is 6.07 Å². The molecule has 0 fully saturated rings. The second-order valence-electron chi connectivity index (χ2n) is 7.13. The van der Waals surface area contributed by atoms with E-state index in [9.17, 15) is 4.79 Å². The van der Waals surface area contributed by atoms with Crippen molar-refractivity contribution in [3.8, 4) is 5.75 Å². The lowest BCUT2D eigenvalue weighted by molar-refractivity contribution is 0.0911. The van der Waals surface area contributed by atoms with Gasteiger partial charge in [0.25, 0.3) is 0 Å². The molecule has 4 heteroatoms. The second kappa shape index (κ2) is 5.68. The van der Waals surface area contributed by atoms with Gasteiger partial charge in [-0.2, -0.15) is 0 Å². The maximum Gasteiger partial charge on any atom is 0.339 e. The summed E-state index contributed by atoms with van der Waals surface area (Å²) in [4.78, 5) is 14.6. The smallest absolute Gasteiger partial charge is 0.339 e. The van der Waals surface area contributed by atoms with Gasteiger partial charge in [-0.05, 0) is 49.3 Å². The van der Waals surface area contributed by atoms with Crippen LogP contribution in [0.15, 0.2) is 21.3 Å². The summed E-state index contributed by atoms with van der Waals surface area (Å²) in [6, 6.07) is 4.10. The van der Waals surface area contributed by atoms with E-state index >= 15 is 0 Å². The Kier molecular flexibility index (Phi) is 3.64. The minimum atomic E-state index is -0.155. The van der Waals surface area contributed by atoms with Gasteiger partial charge < -0.3 is 9.15 Å². The van der Waals surface area contributed by atoms with Crippen LogP contribution in [0.2, 0.25) is 0 Å². The van der Waals surface area contributed by atoms with Gasteiger partial charge in [0.05, 0.1) is 5.56 Å². The van der Waals surface area contributed by atoms with Crippen molar-refractivity contribution in [2.24, 2.45) is 5.92 Å². The van der Waals surface area contributed by atoms with E-state index in [2.05, 4.69) is 24.8 Å². The van der Waals surface area contributed by atoms with E-state index in [0.29, 0.717) is 12.6 Å². The fraction of sp³-hybridized carbons (Fsp3) is 0.526. The lowest BCUT2D eigenvalue weighted by Gasteiger charge is -2.29. The Labute approximate surface area is 136 Å². The first-order valence-corrected chi connectivity index (χ1v) is 8.59. The quantitative estimate of drug-likeness (QED) is 0.814. The summed E-state index contributed by atoms with van der Waals surface area (Å²) in [5.74, 6) is 1.53. The van der Waals surface area contributed by atoms with Crippen LogP contribution >= 0.6 is 0 Å². The highest BCUT2D eigenvalue weighted by molar-refractivity contribution is 5.86. The standard InChI is InChI=1S/C19H23NO3/c1-12(2)8-9-20-10-16-17(22-11-20)7-6-14-13-4-3-5-15(13)19(21)23-18(14)16/h6-7,12H,3-5,8-11H2,1-2H3. The highest BCUT2D eigenvalue weighted by Crippen LogP contribution is 2.35. The van der Waals surface area contributed by atoms with Gasteiger partial charge in [-0.25, -0.2) is 4.79 Å². The Balaban J connectivity index is 1.77. The molecule has 2 aliphatic rings. The molecule has 4 rings (SSSR count). The molecule has 0 amide bonds. The zero-order valence-corrected chi connectivity index (χ0v) is 13.9. The van der Waals surface area contributed by atoms with E-state index < -0.39 is 0 Å². The lowest BCUT2D eigenvalue weighted by Crippen LogP contribution is -2.33. The fourth-order valence-electron chi connectivity index (χ4n) is 3.68. The molecule has 2 aromatic rings. The van der Waals surface area contributed by atoms with E-state index in [0.717, 1.165) is 66.6 Å². The number of benzene rings is 1. The zero-order chi connectivity index (χ0) is 16.0. The Morgan fingerprint density at radius 1 is 1.17 bits per heavy atom. The Bertz CT molecular complexity index is 806. The topological polar surface area (TPSA) is 42.7 Å². The molecule has 23 heavy (non-hydrogen) atoms. The summed E-state index contributed by atoms with van der Waals surface area (Å²) in [5.41, 5.74) is 3.69. The minimum absolute atomic E-state index is 0.155. The van der Waals surface area contributed by atoms with Crippen LogP contribution < -0.4 is 10.4 Å². The summed E-state index contributed by atoms with van der Waals surface area (Å²) >= 11 is 0. The Hall–Kier alpha value is -1.81. The van der Waals surface area contributed by atoms with E-state index in [-0.39, 0.29) is 5.63 Å². The molecule has 122 valence electrons. The minimum Gasteiger partial charge on any atom is -0.478 e. The average Bonchev–Trinajstić information content (AvgIpc) is 3.03. The van der Waals surface area contributed by atoms with Crippen LogP contribution in [0.1, 0.15) is 43.4 Å². The van der Waals surface area contributed by atoms with Crippen LogP contribution in [0.25, 0.3) is 11.0 Å². The number of aryl methyl sites for hydroxylation is 1. The molecule has 0 saturated heterocycles. The van der Waals surface area contributed by atoms with Gasteiger partial charge in [-0.1, -0.05) is 13.8 Å². The highest BCUT2D eigenvalue weighted by atomic mass is 16.5. The molecule has 4 nitrogen and oxygen atoms in total. The molecular formula is C19H23NO3. The van der Waals surface area contributed by atoms with Crippen LogP contribution in [0.4, 0.5) is 0 Å². The molecule has 0 bridgehead atoms. The molecule has 0 atom stereocenters. The normalized spacial score (nSPS) is 17.3. The summed E-state index contributed by atoms with van der Waals surface area (Å²) in [7, 11) is 0. The first-order chi connectivity index (χ1) is 11.1. The Morgan fingerprint density at radius 3 is 2.83 bits per heavy atom. The molecule has 0 unspecified atom stereocenters. The fourth-order valence-corrected chi connectivity index (χ4v) is 3.68. The summed E-state index contributed by atoms with van der Waals surface area (Å²) in [6.07, 6.45) is 4.02. The van der Waals surface area contributed by atoms with Crippen molar-refractivity contribution in [2.45, 2.75) is 46.1 Å². The molecule has 2 heterocycles. The van der Waals surface area contributed by atoms with Crippen molar-refractivity contribution in [1.29, 1.82) is 0 Å². The first-order valence-electron chi connectivity index (χ1n) is 8.59. The van der Waals surface area contributed by atoms with Crippen molar-refractivity contribution < 1.29 is 9.15 Å². The van der Waals surface area contributed by atoms with Crippen LogP contribution in [0.5, 0.6) is 5.75 Å². The number of hydrogen-bond acceptors (Lipinski definition) is 4. The number of rotatable bonds is 3. The SMILES string of the molecule is CC(C)CCN1COc2ccc3c4c(c(=O)oc3c2C1)CCC4. The molecule has 0 spiro atoms. The first kappa shape index (κ1) is 14.8. The molecular weight excluding hydrogens is 290 g/mol. The maximum atomic E-state index is 12.3. The molecule has 0 saturated carbocycles. The molecule has 0 N–H and O–H groups in total. The van der Waals surface area contributed by atoms with E-state index in [1.54, 1.807) is 0 Å². The summed E-state index contributed by atoms with van der Waals surface area (Å²) in [6.45, 7) is 6.87. The van der Waals surface area contributed by atoms with Gasteiger partial charge in [-0.3, -0.25) is 4.90 Å². The van der Waals surface area contributed by atoms with Crippen LogP contribution in [-0.4, -0.2) is 18.2 Å². The lowest BCUT2D eigenvalue weighted by atomic mass is 10.0. The van der Waals surface area contributed by atoms with Crippen molar-refractivity contribution >= 4 is 11.0 Å². The third-order valence-corrected chi connectivity index (χ3v) is 5.01. The zero-order valence-electron chi connectivity index (χ0n) is 13.9. The monoisotopic (exact) mass is 313 g/mol. The highest BCUT2D eigenvalue weighted by Gasteiger charge is 2.25. The van der Waals surface area contributed by atoms with Gasteiger partial charge >= 0.3 is 5.63 Å². The van der Waals surface area contributed by atoms with Crippen molar-refractivity contribution in [2.75, 3.05) is 13.3 Å². The van der Waals surface area contributed by atoms with Crippen LogP contribution in [0, 0.1) is 5.92 Å². The summed E-state index contributed by atoms with van der Waals surface area (Å²) < 4.78 is 11.6. The van der Waals surface area contributed by atoms with Crippen LogP contribution in [0.3, 0.4) is 0 Å².